The van der Waals surface area contributed by atoms with E-state index in [0.717, 1.165) is 9.87 Å². The van der Waals surface area contributed by atoms with E-state index < -0.39 is 10.0 Å². The van der Waals surface area contributed by atoms with Crippen molar-refractivity contribution in [3.63, 3.8) is 0 Å². The molecule has 1 saturated heterocycles. The average molecular weight is 436 g/mol. The molecule has 1 aliphatic rings. The SMILES string of the molecule is Cc1ccc(S(=O)(=O)N(C)C)cc1NC(=O)C1CCN(C(=O)c2cccs2)CC1. The van der Waals surface area contributed by atoms with Gasteiger partial charge in [0.1, 0.15) is 0 Å². The Bertz CT molecular complexity index is 993. The largest absolute Gasteiger partial charge is 0.338 e. The number of hydrogen-bond acceptors (Lipinski definition) is 5. The van der Waals surface area contributed by atoms with E-state index in [-0.39, 0.29) is 22.6 Å². The lowest BCUT2D eigenvalue weighted by molar-refractivity contribution is -0.121. The van der Waals surface area contributed by atoms with Gasteiger partial charge >= 0.3 is 0 Å². The number of thiophene rings is 1. The molecule has 7 nitrogen and oxygen atoms in total. The highest BCUT2D eigenvalue weighted by Gasteiger charge is 2.28. The fourth-order valence-electron chi connectivity index (χ4n) is 3.24. The Balaban J connectivity index is 1.65. The summed E-state index contributed by atoms with van der Waals surface area (Å²) >= 11 is 1.42. The van der Waals surface area contributed by atoms with Gasteiger partial charge in [-0.25, -0.2) is 12.7 Å². The molecule has 1 N–H and O–H groups in total. The number of aryl methyl sites for hydroxylation is 1. The zero-order valence-corrected chi connectivity index (χ0v) is 18.3. The third-order valence-electron chi connectivity index (χ3n) is 5.13. The molecule has 1 aromatic carbocycles. The highest BCUT2D eigenvalue weighted by molar-refractivity contribution is 7.89. The summed E-state index contributed by atoms with van der Waals surface area (Å²) in [4.78, 5) is 27.8. The van der Waals surface area contributed by atoms with Crippen molar-refractivity contribution in [1.82, 2.24) is 9.21 Å². The number of carbonyl (C=O) groups is 2. The van der Waals surface area contributed by atoms with Gasteiger partial charge in [0.25, 0.3) is 5.91 Å². The molecule has 9 heteroatoms. The van der Waals surface area contributed by atoms with Crippen LogP contribution in [-0.2, 0) is 14.8 Å². The van der Waals surface area contributed by atoms with Crippen LogP contribution in [0.25, 0.3) is 0 Å². The van der Waals surface area contributed by atoms with Gasteiger partial charge in [0.2, 0.25) is 15.9 Å². The lowest BCUT2D eigenvalue weighted by atomic mass is 9.95. The Kier molecular flexibility index (Phi) is 6.40. The molecule has 0 bridgehead atoms. The first-order valence-electron chi connectivity index (χ1n) is 9.37. The lowest BCUT2D eigenvalue weighted by Gasteiger charge is -2.31. The minimum Gasteiger partial charge on any atom is -0.338 e. The molecule has 2 heterocycles. The van der Waals surface area contributed by atoms with Gasteiger partial charge < -0.3 is 10.2 Å². The van der Waals surface area contributed by atoms with Gasteiger partial charge in [-0.15, -0.1) is 11.3 Å². The van der Waals surface area contributed by atoms with Gasteiger partial charge in [-0.05, 0) is 48.9 Å². The molecule has 1 fully saturated rings. The lowest BCUT2D eigenvalue weighted by Crippen LogP contribution is -2.41. The number of nitrogens with one attached hydrogen (secondary N) is 1. The molecule has 3 rings (SSSR count). The number of benzene rings is 1. The molecule has 0 saturated carbocycles. The number of hydrogen-bond donors (Lipinski definition) is 1. The molecule has 0 unspecified atom stereocenters. The molecule has 29 heavy (non-hydrogen) atoms. The second-order valence-corrected chi connectivity index (χ2v) is 10.4. The van der Waals surface area contributed by atoms with E-state index in [1.807, 2.05) is 24.4 Å². The van der Waals surface area contributed by atoms with Crippen LogP contribution in [0, 0.1) is 12.8 Å². The number of piperidine rings is 1. The fraction of sp³-hybridized carbons (Fsp3) is 0.400. The van der Waals surface area contributed by atoms with E-state index in [2.05, 4.69) is 5.32 Å². The monoisotopic (exact) mass is 435 g/mol. The maximum Gasteiger partial charge on any atom is 0.263 e. The third-order valence-corrected chi connectivity index (χ3v) is 7.80. The van der Waals surface area contributed by atoms with Crippen LogP contribution in [0.15, 0.2) is 40.6 Å². The van der Waals surface area contributed by atoms with E-state index in [1.165, 1.54) is 37.6 Å². The van der Waals surface area contributed by atoms with Crippen LogP contribution < -0.4 is 5.32 Å². The molecule has 0 radical (unpaired) electrons. The van der Waals surface area contributed by atoms with Gasteiger partial charge in [0, 0.05) is 38.8 Å². The van der Waals surface area contributed by atoms with Gasteiger partial charge in [-0.2, -0.15) is 0 Å². The van der Waals surface area contributed by atoms with Crippen molar-refractivity contribution in [1.29, 1.82) is 0 Å². The summed E-state index contributed by atoms with van der Waals surface area (Å²) in [5.74, 6) is -0.345. The van der Waals surface area contributed by atoms with Crippen molar-refractivity contribution in [3.05, 3.63) is 46.2 Å². The minimum absolute atomic E-state index is 0.0105. The summed E-state index contributed by atoms with van der Waals surface area (Å²) < 4.78 is 25.9. The fourth-order valence-corrected chi connectivity index (χ4v) is 4.86. The third kappa shape index (κ3) is 4.68. The summed E-state index contributed by atoms with van der Waals surface area (Å²) in [7, 11) is -0.634. The molecule has 2 aromatic rings. The van der Waals surface area contributed by atoms with Crippen molar-refractivity contribution in [3.8, 4) is 0 Å². The van der Waals surface area contributed by atoms with Crippen LogP contribution in [0.3, 0.4) is 0 Å². The van der Waals surface area contributed by atoms with Crippen LogP contribution in [0.2, 0.25) is 0 Å². The van der Waals surface area contributed by atoms with Crippen LogP contribution in [0.5, 0.6) is 0 Å². The normalized spacial score (nSPS) is 15.5. The smallest absolute Gasteiger partial charge is 0.263 e. The number of amides is 2. The number of rotatable bonds is 5. The molecular weight excluding hydrogens is 410 g/mol. The highest BCUT2D eigenvalue weighted by Crippen LogP contribution is 2.25. The van der Waals surface area contributed by atoms with Crippen molar-refractivity contribution in [2.75, 3.05) is 32.5 Å². The van der Waals surface area contributed by atoms with Crippen LogP contribution in [0.1, 0.15) is 28.1 Å². The van der Waals surface area contributed by atoms with Gasteiger partial charge in [-0.3, -0.25) is 9.59 Å². The Labute approximate surface area is 175 Å². The van der Waals surface area contributed by atoms with E-state index >= 15 is 0 Å². The number of likely N-dealkylation sites (tertiary alicyclic amines) is 1. The first-order valence-corrected chi connectivity index (χ1v) is 11.7. The van der Waals surface area contributed by atoms with Gasteiger partial charge in [0.15, 0.2) is 0 Å². The summed E-state index contributed by atoms with van der Waals surface area (Å²) in [6.45, 7) is 2.88. The quantitative estimate of drug-likeness (QED) is 0.782. The maximum absolute atomic E-state index is 12.7. The van der Waals surface area contributed by atoms with Crippen molar-refractivity contribution >= 4 is 38.9 Å². The molecule has 1 aromatic heterocycles. The maximum atomic E-state index is 12.7. The van der Waals surface area contributed by atoms with E-state index in [1.54, 1.807) is 11.0 Å². The summed E-state index contributed by atoms with van der Waals surface area (Å²) in [5.41, 5.74) is 1.29. The van der Waals surface area contributed by atoms with Gasteiger partial charge in [0.05, 0.1) is 9.77 Å². The first kappa shape index (κ1) is 21.5. The second kappa shape index (κ2) is 8.64. The Morgan fingerprint density at radius 1 is 1.17 bits per heavy atom. The number of nitrogens with zero attached hydrogens (tertiary/aromatic N) is 2. The molecule has 0 aliphatic carbocycles. The molecule has 1 aliphatic heterocycles. The topological polar surface area (TPSA) is 86.8 Å². The molecule has 156 valence electrons. The summed E-state index contributed by atoms with van der Waals surface area (Å²) in [5, 5.41) is 4.76. The predicted octanol–water partition coefficient (Wildman–Crippen LogP) is 2.80. The highest BCUT2D eigenvalue weighted by atomic mass is 32.2. The number of sulfonamides is 1. The molecule has 0 atom stereocenters. The predicted molar refractivity (Wildman–Crippen MR) is 114 cm³/mol. The van der Waals surface area contributed by atoms with Crippen molar-refractivity contribution in [2.24, 2.45) is 5.92 Å². The van der Waals surface area contributed by atoms with E-state index in [9.17, 15) is 18.0 Å². The van der Waals surface area contributed by atoms with Crippen molar-refractivity contribution < 1.29 is 18.0 Å². The zero-order valence-electron chi connectivity index (χ0n) is 16.7. The van der Waals surface area contributed by atoms with Crippen LogP contribution >= 0.6 is 11.3 Å². The Morgan fingerprint density at radius 3 is 2.45 bits per heavy atom. The average Bonchev–Trinajstić information content (AvgIpc) is 3.23. The molecule has 2 amide bonds. The molecule has 0 spiro atoms. The zero-order chi connectivity index (χ0) is 21.2. The number of anilines is 1. The standard InChI is InChI=1S/C20H25N3O4S2/c1-14-6-7-16(29(26,27)22(2)3)13-17(14)21-19(24)15-8-10-23(11-9-15)20(25)18-5-4-12-28-18/h4-7,12-13,15H,8-11H2,1-3H3,(H,21,24). The van der Waals surface area contributed by atoms with Crippen molar-refractivity contribution in [2.45, 2.75) is 24.7 Å². The Hall–Kier alpha value is -2.23. The minimum atomic E-state index is -3.58. The van der Waals surface area contributed by atoms with E-state index in [4.69, 9.17) is 0 Å². The summed E-state index contributed by atoms with van der Waals surface area (Å²) in [6, 6.07) is 8.38. The van der Waals surface area contributed by atoms with E-state index in [0.29, 0.717) is 36.5 Å². The van der Waals surface area contributed by atoms with Gasteiger partial charge in [-0.1, -0.05) is 12.1 Å². The first-order chi connectivity index (χ1) is 13.7. The summed E-state index contributed by atoms with van der Waals surface area (Å²) in [6.07, 6.45) is 1.16. The van der Waals surface area contributed by atoms with Crippen LogP contribution in [0.4, 0.5) is 5.69 Å². The number of carbonyl (C=O) groups excluding carboxylic acids is 2. The van der Waals surface area contributed by atoms with Crippen LogP contribution in [-0.4, -0.2) is 56.6 Å². The Morgan fingerprint density at radius 2 is 1.86 bits per heavy atom. The molecular formula is C20H25N3O4S2. The second-order valence-electron chi connectivity index (χ2n) is 7.30.